The molecular weight excluding hydrogens is 544 g/mol. The molecule has 0 fully saturated rings. The van der Waals surface area contributed by atoms with Crippen molar-refractivity contribution in [3.8, 4) is 22.8 Å². The van der Waals surface area contributed by atoms with Crippen LogP contribution in [-0.2, 0) is 16.4 Å². The zero-order valence-corrected chi connectivity index (χ0v) is 22.3. The molecule has 5 rings (SSSR count). The van der Waals surface area contributed by atoms with Crippen molar-refractivity contribution < 1.29 is 26.7 Å². The predicted octanol–water partition coefficient (Wildman–Crippen LogP) is 3.05. The first-order chi connectivity index (χ1) is 19.0. The van der Waals surface area contributed by atoms with Gasteiger partial charge in [0.2, 0.25) is 5.88 Å². The fourth-order valence-corrected chi connectivity index (χ4v) is 5.89. The molecule has 0 amide bonds. The number of fused-ring (bicyclic) bond motifs is 1. The Labute approximate surface area is 227 Å². The lowest BCUT2D eigenvalue weighted by Gasteiger charge is -2.20. The predicted molar refractivity (Wildman–Crippen MR) is 143 cm³/mol. The lowest BCUT2D eigenvalue weighted by molar-refractivity contribution is 0.338. The van der Waals surface area contributed by atoms with E-state index in [1.54, 1.807) is 30.3 Å². The van der Waals surface area contributed by atoms with Gasteiger partial charge in [0.1, 0.15) is 24.0 Å². The topological polar surface area (TPSA) is 123 Å². The minimum absolute atomic E-state index is 0.155. The monoisotopic (exact) mass is 569 g/mol. The molecule has 0 radical (unpaired) electrons. The molecule has 2 atom stereocenters. The van der Waals surface area contributed by atoms with Gasteiger partial charge in [-0.2, -0.15) is 0 Å². The van der Waals surface area contributed by atoms with Crippen LogP contribution in [0.15, 0.2) is 81.2 Å². The number of halogens is 2. The molecule has 2 unspecified atom stereocenters. The van der Waals surface area contributed by atoms with Crippen molar-refractivity contribution in [2.24, 2.45) is 5.73 Å². The molecule has 3 aromatic carbocycles. The summed E-state index contributed by atoms with van der Waals surface area (Å²) < 4.78 is 68.5. The number of ether oxygens (including phenoxy) is 2. The number of rotatable bonds is 7. The molecule has 12 heteroatoms. The van der Waals surface area contributed by atoms with Gasteiger partial charge in [-0.05, 0) is 23.8 Å². The molecule has 1 aromatic heterocycles. The van der Waals surface area contributed by atoms with Crippen LogP contribution < -0.4 is 26.5 Å². The second-order valence-corrected chi connectivity index (χ2v) is 11.3. The molecule has 2 N–H and O–H groups in total. The number of nitrogens with zero attached hydrogens (tertiary/aromatic N) is 2. The average Bonchev–Trinajstić information content (AvgIpc) is 3.36. The molecule has 208 valence electrons. The second kappa shape index (κ2) is 10.4. The van der Waals surface area contributed by atoms with E-state index in [0.717, 1.165) is 21.5 Å². The van der Waals surface area contributed by atoms with E-state index in [4.69, 9.17) is 15.2 Å². The molecule has 2 heterocycles. The summed E-state index contributed by atoms with van der Waals surface area (Å²) in [6.45, 7) is -0.686. The molecule has 0 saturated carbocycles. The van der Waals surface area contributed by atoms with Gasteiger partial charge in [-0.1, -0.05) is 48.5 Å². The SMILES string of the molecule is COc1cccc(-c2c3n(c(=O)n(CC(N)c4ccccc4)c2=O)C(c2c(F)cccc2S(C)(=O)=O)CO3)c1F. The molecule has 1 aliphatic rings. The Balaban J connectivity index is 1.82. The molecule has 9 nitrogen and oxygen atoms in total. The van der Waals surface area contributed by atoms with Gasteiger partial charge in [0.25, 0.3) is 5.56 Å². The summed E-state index contributed by atoms with van der Waals surface area (Å²) in [6, 6.07) is 14.3. The summed E-state index contributed by atoms with van der Waals surface area (Å²) in [4.78, 5) is 27.4. The molecule has 1 aliphatic heterocycles. The number of aromatic nitrogens is 2. The molecule has 0 saturated heterocycles. The van der Waals surface area contributed by atoms with Crippen LogP contribution in [0.3, 0.4) is 0 Å². The molecule has 0 aliphatic carbocycles. The number of methoxy groups -OCH3 is 1. The van der Waals surface area contributed by atoms with Gasteiger partial charge in [0.15, 0.2) is 21.4 Å². The van der Waals surface area contributed by atoms with Crippen molar-refractivity contribution >= 4 is 9.84 Å². The summed E-state index contributed by atoms with van der Waals surface area (Å²) in [6.07, 6.45) is 0.918. The van der Waals surface area contributed by atoms with Crippen LogP contribution in [0.5, 0.6) is 11.6 Å². The van der Waals surface area contributed by atoms with E-state index >= 15 is 8.78 Å². The Morgan fingerprint density at radius 2 is 1.75 bits per heavy atom. The molecule has 0 bridgehead atoms. The van der Waals surface area contributed by atoms with Crippen molar-refractivity contribution in [2.75, 3.05) is 20.0 Å². The highest BCUT2D eigenvalue weighted by Crippen LogP contribution is 2.40. The number of hydrogen-bond acceptors (Lipinski definition) is 7. The first-order valence-electron chi connectivity index (χ1n) is 12.2. The van der Waals surface area contributed by atoms with Crippen molar-refractivity contribution in [3.63, 3.8) is 0 Å². The Morgan fingerprint density at radius 3 is 2.42 bits per heavy atom. The van der Waals surface area contributed by atoms with Gasteiger partial charge in [-0.15, -0.1) is 0 Å². The van der Waals surface area contributed by atoms with Crippen LogP contribution in [-0.4, -0.2) is 37.5 Å². The Kier molecular flexibility index (Phi) is 7.06. The molecular formula is C28H25F2N3O6S. The van der Waals surface area contributed by atoms with Gasteiger partial charge >= 0.3 is 5.69 Å². The molecule has 4 aromatic rings. The van der Waals surface area contributed by atoms with Crippen LogP contribution in [0, 0.1) is 11.6 Å². The maximum atomic E-state index is 15.5. The summed E-state index contributed by atoms with van der Waals surface area (Å²) in [7, 11) is -2.68. The van der Waals surface area contributed by atoms with Crippen molar-refractivity contribution in [1.29, 1.82) is 0 Å². The third-order valence-corrected chi connectivity index (χ3v) is 7.98. The van der Waals surface area contributed by atoms with Crippen LogP contribution in [0.25, 0.3) is 11.1 Å². The van der Waals surface area contributed by atoms with Crippen LogP contribution in [0.4, 0.5) is 8.78 Å². The van der Waals surface area contributed by atoms with E-state index < -0.39 is 44.8 Å². The van der Waals surface area contributed by atoms with Gasteiger partial charge in [0, 0.05) is 23.4 Å². The fraction of sp³-hybridized carbons (Fsp3) is 0.214. The van der Waals surface area contributed by atoms with E-state index in [1.165, 1.54) is 37.4 Å². The van der Waals surface area contributed by atoms with Crippen molar-refractivity contribution in [1.82, 2.24) is 9.13 Å². The van der Waals surface area contributed by atoms with Crippen molar-refractivity contribution in [2.45, 2.75) is 23.5 Å². The van der Waals surface area contributed by atoms with Crippen LogP contribution in [0.1, 0.15) is 23.2 Å². The van der Waals surface area contributed by atoms with E-state index in [9.17, 15) is 18.0 Å². The second-order valence-electron chi connectivity index (χ2n) is 9.34. The number of benzene rings is 3. The Morgan fingerprint density at radius 1 is 1.05 bits per heavy atom. The van der Waals surface area contributed by atoms with Crippen LogP contribution in [0.2, 0.25) is 0 Å². The number of hydrogen-bond donors (Lipinski definition) is 1. The lowest BCUT2D eigenvalue weighted by atomic mass is 10.0. The zero-order chi connectivity index (χ0) is 28.8. The summed E-state index contributed by atoms with van der Waals surface area (Å²) in [5, 5.41) is 0. The van der Waals surface area contributed by atoms with E-state index in [-0.39, 0.29) is 46.4 Å². The Hall–Kier alpha value is -4.29. The zero-order valence-electron chi connectivity index (χ0n) is 21.5. The maximum Gasteiger partial charge on any atom is 0.334 e. The maximum absolute atomic E-state index is 15.5. The highest BCUT2D eigenvalue weighted by molar-refractivity contribution is 7.90. The van der Waals surface area contributed by atoms with Gasteiger partial charge in [-0.3, -0.25) is 13.9 Å². The van der Waals surface area contributed by atoms with Gasteiger partial charge in [0.05, 0.1) is 18.6 Å². The normalized spacial score (nSPS) is 15.4. The first kappa shape index (κ1) is 27.3. The van der Waals surface area contributed by atoms with Gasteiger partial charge in [-0.25, -0.2) is 22.0 Å². The third-order valence-electron chi connectivity index (χ3n) is 6.82. The fourth-order valence-electron chi connectivity index (χ4n) is 4.93. The molecule has 0 spiro atoms. The number of sulfone groups is 1. The standard InChI is InChI=1S/C28H25F2N3O6S/c1-38-21-12-6-10-17(25(21)30)23-26(34)32(14-19(31)16-8-4-3-5-9-16)28(35)33-20(15-39-27(23)33)24-18(29)11-7-13-22(24)40(2,36)37/h3-13,19-20H,14-15,31H2,1-2H3. The van der Waals surface area contributed by atoms with Crippen LogP contribution >= 0.6 is 0 Å². The molecule has 40 heavy (non-hydrogen) atoms. The summed E-state index contributed by atoms with van der Waals surface area (Å²) in [5.41, 5.74) is 4.36. The lowest BCUT2D eigenvalue weighted by Crippen LogP contribution is -2.43. The largest absolute Gasteiger partial charge is 0.494 e. The van der Waals surface area contributed by atoms with E-state index in [2.05, 4.69) is 0 Å². The smallest absolute Gasteiger partial charge is 0.334 e. The Bertz CT molecular complexity index is 1840. The summed E-state index contributed by atoms with van der Waals surface area (Å²) >= 11 is 0. The first-order valence-corrected chi connectivity index (χ1v) is 14.1. The highest BCUT2D eigenvalue weighted by Gasteiger charge is 2.37. The summed E-state index contributed by atoms with van der Waals surface area (Å²) in [5.74, 6) is -2.24. The third kappa shape index (κ3) is 4.58. The number of nitrogens with two attached hydrogens (primary N) is 1. The minimum atomic E-state index is -3.94. The quantitative estimate of drug-likeness (QED) is 0.363. The van der Waals surface area contributed by atoms with E-state index in [0.29, 0.717) is 5.56 Å². The average molecular weight is 570 g/mol. The van der Waals surface area contributed by atoms with Crippen molar-refractivity contribution in [3.05, 3.63) is 110 Å². The van der Waals surface area contributed by atoms with E-state index in [1.807, 2.05) is 0 Å². The highest BCUT2D eigenvalue weighted by atomic mass is 32.2. The van der Waals surface area contributed by atoms with Gasteiger partial charge < -0.3 is 15.2 Å². The minimum Gasteiger partial charge on any atom is -0.494 e.